The van der Waals surface area contributed by atoms with E-state index in [0.29, 0.717) is 11.8 Å². The number of anilines is 1. The van der Waals surface area contributed by atoms with Crippen LogP contribution in [0.2, 0.25) is 5.02 Å². The van der Waals surface area contributed by atoms with Gasteiger partial charge in [-0.3, -0.25) is 9.78 Å². The van der Waals surface area contributed by atoms with Gasteiger partial charge in [0.15, 0.2) is 5.69 Å². The van der Waals surface area contributed by atoms with Crippen LogP contribution in [0.15, 0.2) is 54.9 Å². The molecule has 25 heavy (non-hydrogen) atoms. The molecule has 0 atom stereocenters. The number of carbonyl (C=O) groups is 1. The predicted octanol–water partition coefficient (Wildman–Crippen LogP) is 4.19. The minimum Gasteiger partial charge on any atom is -0.319 e. The number of hydrogen-bond acceptors (Lipinski definition) is 3. The lowest BCUT2D eigenvalue weighted by Gasteiger charge is -2.09. The maximum atomic E-state index is 13.0. The van der Waals surface area contributed by atoms with Crippen LogP contribution in [0.5, 0.6) is 0 Å². The van der Waals surface area contributed by atoms with Gasteiger partial charge < -0.3 is 5.32 Å². The van der Waals surface area contributed by atoms with Crippen LogP contribution in [-0.4, -0.2) is 20.7 Å². The average Bonchev–Trinajstić information content (AvgIpc) is 3.02. The van der Waals surface area contributed by atoms with Gasteiger partial charge in [0.1, 0.15) is 5.69 Å². The van der Waals surface area contributed by atoms with Crippen LogP contribution in [0, 0.1) is 0 Å². The molecule has 3 rings (SSSR count). The lowest BCUT2D eigenvalue weighted by atomic mass is 10.3. The Kier molecular flexibility index (Phi) is 4.45. The molecule has 0 unspecified atom stereocenters. The first-order valence-electron chi connectivity index (χ1n) is 7.00. The van der Waals surface area contributed by atoms with Crippen LogP contribution >= 0.6 is 11.6 Å². The fraction of sp³-hybridized carbons (Fsp3) is 0.0625. The number of halogens is 4. The van der Waals surface area contributed by atoms with Crippen molar-refractivity contribution in [2.75, 3.05) is 5.32 Å². The first-order valence-corrected chi connectivity index (χ1v) is 7.37. The van der Waals surface area contributed by atoms with E-state index >= 15 is 0 Å². The van der Waals surface area contributed by atoms with Gasteiger partial charge in [0.2, 0.25) is 0 Å². The number of pyridine rings is 1. The number of aromatic nitrogens is 3. The van der Waals surface area contributed by atoms with Crippen LogP contribution in [0.1, 0.15) is 16.2 Å². The monoisotopic (exact) mass is 366 g/mol. The Balaban J connectivity index is 2.07. The summed E-state index contributed by atoms with van der Waals surface area (Å²) in [5.41, 5.74) is -0.989. The van der Waals surface area contributed by atoms with Crippen molar-refractivity contribution in [2.24, 2.45) is 0 Å². The third kappa shape index (κ3) is 3.63. The predicted molar refractivity (Wildman–Crippen MR) is 85.8 cm³/mol. The number of nitrogens with zero attached hydrogens (tertiary/aromatic N) is 3. The van der Waals surface area contributed by atoms with Crippen molar-refractivity contribution >= 4 is 23.2 Å². The highest BCUT2D eigenvalue weighted by atomic mass is 35.5. The zero-order chi connectivity index (χ0) is 18.0. The molecule has 0 spiro atoms. The standard InChI is InChI=1S/C16H10ClF3N4O/c17-11-5-1-2-6-12(11)24-13(8-14(23-24)16(18,19)20)15(25)22-10-4-3-7-21-9-10/h1-9H,(H,22,25). The molecule has 1 aromatic carbocycles. The lowest BCUT2D eigenvalue weighted by Crippen LogP contribution is -2.17. The summed E-state index contributed by atoms with van der Waals surface area (Å²) in [5, 5.41) is 6.15. The van der Waals surface area contributed by atoms with Crippen LogP contribution in [0.4, 0.5) is 18.9 Å². The largest absolute Gasteiger partial charge is 0.435 e. The quantitative estimate of drug-likeness (QED) is 0.756. The Morgan fingerprint density at radius 2 is 1.92 bits per heavy atom. The molecule has 3 aromatic rings. The lowest BCUT2D eigenvalue weighted by molar-refractivity contribution is -0.141. The van der Waals surface area contributed by atoms with Crippen LogP contribution in [0.25, 0.3) is 5.69 Å². The van der Waals surface area contributed by atoms with E-state index in [9.17, 15) is 18.0 Å². The molecule has 0 aliphatic heterocycles. The second-order valence-corrected chi connectivity index (χ2v) is 5.38. The zero-order valence-electron chi connectivity index (χ0n) is 12.5. The fourth-order valence-corrected chi connectivity index (χ4v) is 2.34. The zero-order valence-corrected chi connectivity index (χ0v) is 13.2. The summed E-state index contributed by atoms with van der Waals surface area (Å²) < 4.78 is 40.0. The second kappa shape index (κ2) is 6.56. The van der Waals surface area contributed by atoms with Crippen molar-refractivity contribution in [1.82, 2.24) is 14.8 Å². The fourth-order valence-electron chi connectivity index (χ4n) is 2.12. The van der Waals surface area contributed by atoms with E-state index in [1.165, 1.54) is 24.5 Å². The summed E-state index contributed by atoms with van der Waals surface area (Å²) in [6.45, 7) is 0. The molecule has 5 nitrogen and oxygen atoms in total. The van der Waals surface area contributed by atoms with E-state index in [-0.39, 0.29) is 16.4 Å². The van der Waals surface area contributed by atoms with Gasteiger partial charge in [-0.15, -0.1) is 0 Å². The molecule has 9 heteroatoms. The number of benzene rings is 1. The highest BCUT2D eigenvalue weighted by Crippen LogP contribution is 2.31. The van der Waals surface area contributed by atoms with E-state index in [2.05, 4.69) is 15.4 Å². The first-order chi connectivity index (χ1) is 11.9. The maximum absolute atomic E-state index is 13.0. The van der Waals surface area contributed by atoms with Gasteiger partial charge in [-0.25, -0.2) is 4.68 Å². The van der Waals surface area contributed by atoms with Gasteiger partial charge >= 0.3 is 6.18 Å². The highest BCUT2D eigenvalue weighted by molar-refractivity contribution is 6.32. The number of rotatable bonds is 3. The third-order valence-corrected chi connectivity index (χ3v) is 3.55. The van der Waals surface area contributed by atoms with Crippen molar-refractivity contribution in [3.05, 3.63) is 71.3 Å². The maximum Gasteiger partial charge on any atom is 0.435 e. The summed E-state index contributed by atoms with van der Waals surface area (Å²) in [5.74, 6) is -0.768. The number of carbonyl (C=O) groups excluding carboxylic acids is 1. The molecule has 0 aliphatic rings. The molecular weight excluding hydrogens is 357 g/mol. The minimum absolute atomic E-state index is 0.162. The normalized spacial score (nSPS) is 11.4. The summed E-state index contributed by atoms with van der Waals surface area (Å²) in [4.78, 5) is 16.3. The van der Waals surface area contributed by atoms with Gasteiger partial charge in [0.05, 0.1) is 22.6 Å². The SMILES string of the molecule is O=C(Nc1cccnc1)c1cc(C(F)(F)F)nn1-c1ccccc1Cl. The molecule has 0 saturated heterocycles. The molecule has 2 aromatic heterocycles. The molecule has 1 amide bonds. The number of hydrogen-bond donors (Lipinski definition) is 1. The number of nitrogens with one attached hydrogen (secondary N) is 1. The number of amides is 1. The van der Waals surface area contributed by atoms with Crippen molar-refractivity contribution < 1.29 is 18.0 Å². The van der Waals surface area contributed by atoms with Gasteiger partial charge in [0, 0.05) is 12.3 Å². The van der Waals surface area contributed by atoms with Crippen molar-refractivity contribution in [3.63, 3.8) is 0 Å². The van der Waals surface area contributed by atoms with Crippen molar-refractivity contribution in [1.29, 1.82) is 0 Å². The van der Waals surface area contributed by atoms with E-state index in [0.717, 1.165) is 4.68 Å². The highest BCUT2D eigenvalue weighted by Gasteiger charge is 2.36. The molecule has 128 valence electrons. The molecule has 2 heterocycles. The van der Waals surface area contributed by atoms with Gasteiger partial charge in [-0.05, 0) is 24.3 Å². The smallest absolute Gasteiger partial charge is 0.319 e. The Morgan fingerprint density at radius 1 is 1.16 bits per heavy atom. The number of para-hydroxylation sites is 1. The molecular formula is C16H10ClF3N4O. The summed E-state index contributed by atoms with van der Waals surface area (Å²) in [6.07, 6.45) is -1.82. The second-order valence-electron chi connectivity index (χ2n) is 4.97. The molecule has 0 bridgehead atoms. The van der Waals surface area contributed by atoms with Crippen molar-refractivity contribution in [2.45, 2.75) is 6.18 Å². The topological polar surface area (TPSA) is 59.8 Å². The van der Waals surface area contributed by atoms with Crippen LogP contribution < -0.4 is 5.32 Å². The molecule has 0 radical (unpaired) electrons. The van der Waals surface area contributed by atoms with Gasteiger partial charge in [0.25, 0.3) is 5.91 Å². The Hall–Kier alpha value is -2.87. The summed E-state index contributed by atoms with van der Waals surface area (Å²) >= 11 is 6.04. The Labute approximate surface area is 145 Å². The van der Waals surface area contributed by atoms with E-state index in [1.807, 2.05) is 0 Å². The van der Waals surface area contributed by atoms with Gasteiger partial charge in [-0.1, -0.05) is 23.7 Å². The van der Waals surface area contributed by atoms with Gasteiger partial charge in [-0.2, -0.15) is 18.3 Å². The Morgan fingerprint density at radius 3 is 2.56 bits per heavy atom. The third-order valence-electron chi connectivity index (χ3n) is 3.23. The molecule has 1 N–H and O–H groups in total. The van der Waals surface area contributed by atoms with E-state index in [4.69, 9.17) is 11.6 Å². The minimum atomic E-state index is -4.70. The van der Waals surface area contributed by atoms with Crippen molar-refractivity contribution in [3.8, 4) is 5.69 Å². The number of alkyl halides is 3. The van der Waals surface area contributed by atoms with Crippen LogP contribution in [-0.2, 0) is 6.18 Å². The molecule has 0 saturated carbocycles. The summed E-state index contributed by atoms with van der Waals surface area (Å²) in [7, 11) is 0. The Bertz CT molecular complexity index is 909. The van der Waals surface area contributed by atoms with E-state index < -0.39 is 17.8 Å². The van der Waals surface area contributed by atoms with Crippen LogP contribution in [0.3, 0.4) is 0 Å². The molecule has 0 aliphatic carbocycles. The van der Waals surface area contributed by atoms with E-state index in [1.54, 1.807) is 24.3 Å². The molecule has 0 fully saturated rings. The first kappa shape index (κ1) is 17.0. The average molecular weight is 367 g/mol. The summed E-state index contributed by atoms with van der Waals surface area (Å²) in [6, 6.07) is 9.99.